The van der Waals surface area contributed by atoms with Gasteiger partial charge in [-0.1, -0.05) is 6.42 Å². The van der Waals surface area contributed by atoms with Gasteiger partial charge < -0.3 is 4.90 Å². The van der Waals surface area contributed by atoms with Crippen LogP contribution in [0, 0.1) is 17.8 Å². The van der Waals surface area contributed by atoms with Gasteiger partial charge in [0.1, 0.15) is 0 Å². The van der Waals surface area contributed by atoms with E-state index in [0.29, 0.717) is 6.04 Å². The van der Waals surface area contributed by atoms with E-state index in [1.807, 2.05) is 4.90 Å². The average molecular weight is 314 g/mol. The number of likely N-dealkylation sites (tertiary alicyclic amines) is 1. The summed E-state index contributed by atoms with van der Waals surface area (Å²) in [5.74, 6) is 2.57. The Morgan fingerprint density at radius 2 is 2.05 bits per heavy atom. The van der Waals surface area contributed by atoms with Gasteiger partial charge in [-0.15, -0.1) is 0 Å². The van der Waals surface area contributed by atoms with E-state index in [0.717, 1.165) is 49.8 Å². The predicted octanol–water partition coefficient (Wildman–Crippen LogP) is 1.35. The molecule has 1 N–H and O–H groups in total. The Bertz CT molecular complexity index is 505. The molecule has 1 amide bonds. The van der Waals surface area contributed by atoms with Crippen LogP contribution in [0.1, 0.15) is 44.9 Å². The van der Waals surface area contributed by atoms with Crippen molar-refractivity contribution in [2.75, 3.05) is 19.3 Å². The third-order valence-corrected chi connectivity index (χ3v) is 6.31. The molecule has 0 spiro atoms. The van der Waals surface area contributed by atoms with Gasteiger partial charge in [-0.2, -0.15) is 0 Å². The van der Waals surface area contributed by atoms with Crippen LogP contribution in [0.3, 0.4) is 0 Å². The van der Waals surface area contributed by atoms with Gasteiger partial charge in [-0.25, -0.2) is 13.1 Å². The molecule has 120 valence electrons. The van der Waals surface area contributed by atoms with Crippen molar-refractivity contribution < 1.29 is 13.2 Å². The minimum Gasteiger partial charge on any atom is -0.339 e. The molecule has 3 rings (SSSR count). The number of fused-ring (bicyclic) bond motifs is 2. The molecule has 3 fully saturated rings. The second kappa shape index (κ2) is 5.88. The zero-order valence-electron chi connectivity index (χ0n) is 12.8. The summed E-state index contributed by atoms with van der Waals surface area (Å²) < 4.78 is 24.6. The number of carbonyl (C=O) groups excluding carboxylic acids is 1. The first kappa shape index (κ1) is 15.3. The van der Waals surface area contributed by atoms with E-state index < -0.39 is 10.0 Å². The zero-order valence-corrected chi connectivity index (χ0v) is 13.6. The summed E-state index contributed by atoms with van der Waals surface area (Å²) in [5, 5.41) is 0. The molecule has 6 heteroatoms. The summed E-state index contributed by atoms with van der Waals surface area (Å²) in [5.41, 5.74) is 0. The minimum absolute atomic E-state index is 0.0638. The Balaban J connectivity index is 1.54. The molecule has 4 atom stereocenters. The fourth-order valence-corrected chi connectivity index (χ4v) is 5.10. The first-order valence-electron chi connectivity index (χ1n) is 8.16. The molecule has 0 aromatic heterocycles. The maximum absolute atomic E-state index is 12.2. The summed E-state index contributed by atoms with van der Waals surface area (Å²) in [6, 6.07) is 0.336. The lowest BCUT2D eigenvalue weighted by Crippen LogP contribution is -2.43. The molecule has 2 saturated carbocycles. The fourth-order valence-electron chi connectivity index (χ4n) is 4.72. The van der Waals surface area contributed by atoms with E-state index in [9.17, 15) is 13.2 Å². The summed E-state index contributed by atoms with van der Waals surface area (Å²) in [7, 11) is -3.29. The molecule has 1 heterocycles. The lowest BCUT2D eigenvalue weighted by atomic mass is 9.83. The largest absolute Gasteiger partial charge is 0.339 e. The number of rotatable bonds is 5. The van der Waals surface area contributed by atoms with Crippen LogP contribution in [0.25, 0.3) is 0 Å². The minimum atomic E-state index is -3.29. The highest BCUT2D eigenvalue weighted by molar-refractivity contribution is 7.88. The predicted molar refractivity (Wildman–Crippen MR) is 81.1 cm³/mol. The molecule has 5 nitrogen and oxygen atoms in total. The van der Waals surface area contributed by atoms with Gasteiger partial charge in [0.05, 0.1) is 12.8 Å². The number of amides is 1. The SMILES string of the molecule is CS(=O)(=O)NCC(=O)N1CCC[C@@H]1C[C@H]1C[C@H]2CC[C@H]1C2. The second-order valence-electron chi connectivity index (χ2n) is 7.15. The highest BCUT2D eigenvalue weighted by Gasteiger charge is 2.41. The lowest BCUT2D eigenvalue weighted by molar-refractivity contribution is -0.131. The Hall–Kier alpha value is -0.620. The van der Waals surface area contributed by atoms with Gasteiger partial charge in [-0.05, 0) is 56.3 Å². The quantitative estimate of drug-likeness (QED) is 0.833. The van der Waals surface area contributed by atoms with E-state index in [4.69, 9.17) is 0 Å². The van der Waals surface area contributed by atoms with Crippen molar-refractivity contribution in [3.63, 3.8) is 0 Å². The van der Waals surface area contributed by atoms with Gasteiger partial charge in [-0.3, -0.25) is 4.79 Å². The van der Waals surface area contributed by atoms with E-state index in [1.54, 1.807) is 0 Å². The summed E-state index contributed by atoms with van der Waals surface area (Å²) in [6.45, 7) is 0.696. The number of sulfonamides is 1. The van der Waals surface area contributed by atoms with Crippen LogP contribution in [0.2, 0.25) is 0 Å². The fraction of sp³-hybridized carbons (Fsp3) is 0.933. The molecule has 21 heavy (non-hydrogen) atoms. The molecule has 2 bridgehead atoms. The average Bonchev–Trinajstić information content (AvgIpc) is 3.11. The zero-order chi connectivity index (χ0) is 15.0. The van der Waals surface area contributed by atoms with Crippen LogP contribution in [-0.2, 0) is 14.8 Å². The van der Waals surface area contributed by atoms with Gasteiger partial charge in [0.15, 0.2) is 0 Å². The normalized spacial score (nSPS) is 35.6. The standard InChI is InChI=1S/C15H26N2O3S/c1-21(19,20)16-10-15(18)17-6-2-3-14(17)9-13-8-11-4-5-12(13)7-11/h11-14,16H,2-10H2,1H3/t11-,12-,13+,14+/m0/s1. The first-order valence-corrected chi connectivity index (χ1v) is 10.1. The van der Waals surface area contributed by atoms with E-state index in [1.165, 1.54) is 25.7 Å². The van der Waals surface area contributed by atoms with Crippen LogP contribution in [0.5, 0.6) is 0 Å². The molecule has 0 radical (unpaired) electrons. The van der Waals surface area contributed by atoms with Gasteiger partial charge in [0.2, 0.25) is 15.9 Å². The summed E-state index contributed by atoms with van der Waals surface area (Å²) >= 11 is 0. The molecule has 1 aliphatic heterocycles. The highest BCUT2D eigenvalue weighted by Crippen LogP contribution is 2.50. The molecular weight excluding hydrogens is 288 g/mol. The molecule has 0 aromatic rings. The third-order valence-electron chi connectivity index (χ3n) is 5.64. The van der Waals surface area contributed by atoms with Gasteiger partial charge in [0.25, 0.3) is 0 Å². The third kappa shape index (κ3) is 3.59. The van der Waals surface area contributed by atoms with Crippen LogP contribution < -0.4 is 4.72 Å². The van der Waals surface area contributed by atoms with Crippen LogP contribution in [0.4, 0.5) is 0 Å². The van der Waals surface area contributed by atoms with E-state index >= 15 is 0 Å². The second-order valence-corrected chi connectivity index (χ2v) is 8.98. The Kier molecular flexibility index (Phi) is 4.28. The summed E-state index contributed by atoms with van der Waals surface area (Å²) in [4.78, 5) is 14.2. The maximum Gasteiger partial charge on any atom is 0.237 e. The smallest absolute Gasteiger partial charge is 0.237 e. The van der Waals surface area contributed by atoms with Crippen LogP contribution in [0.15, 0.2) is 0 Å². The molecule has 1 saturated heterocycles. The molecule has 2 aliphatic carbocycles. The highest BCUT2D eigenvalue weighted by atomic mass is 32.2. The lowest BCUT2D eigenvalue weighted by Gasteiger charge is -2.30. The van der Waals surface area contributed by atoms with Crippen LogP contribution >= 0.6 is 0 Å². The van der Waals surface area contributed by atoms with Crippen molar-refractivity contribution in [3.05, 3.63) is 0 Å². The molecule has 0 unspecified atom stereocenters. The number of hydrogen-bond donors (Lipinski definition) is 1. The Labute approximate surface area is 127 Å². The Morgan fingerprint density at radius 1 is 1.24 bits per heavy atom. The van der Waals surface area contributed by atoms with E-state index in [2.05, 4.69) is 4.72 Å². The van der Waals surface area contributed by atoms with Gasteiger partial charge >= 0.3 is 0 Å². The molecule has 0 aromatic carbocycles. The van der Waals surface area contributed by atoms with Gasteiger partial charge in [0, 0.05) is 12.6 Å². The number of hydrogen-bond acceptors (Lipinski definition) is 3. The topological polar surface area (TPSA) is 66.5 Å². The molecular formula is C15H26N2O3S. The van der Waals surface area contributed by atoms with Crippen molar-refractivity contribution in [1.82, 2.24) is 9.62 Å². The number of nitrogens with one attached hydrogen (secondary N) is 1. The Morgan fingerprint density at radius 3 is 2.67 bits per heavy atom. The van der Waals surface area contributed by atoms with Crippen molar-refractivity contribution in [1.29, 1.82) is 0 Å². The maximum atomic E-state index is 12.2. The number of nitrogens with zero attached hydrogens (tertiary/aromatic N) is 1. The first-order chi connectivity index (χ1) is 9.92. The molecule has 3 aliphatic rings. The van der Waals surface area contributed by atoms with Crippen molar-refractivity contribution >= 4 is 15.9 Å². The monoisotopic (exact) mass is 314 g/mol. The van der Waals surface area contributed by atoms with Crippen LogP contribution in [-0.4, -0.2) is 44.6 Å². The van der Waals surface area contributed by atoms with E-state index in [-0.39, 0.29) is 12.5 Å². The summed E-state index contributed by atoms with van der Waals surface area (Å²) in [6.07, 6.45) is 9.90. The van der Waals surface area contributed by atoms with Crippen molar-refractivity contribution in [2.24, 2.45) is 17.8 Å². The van der Waals surface area contributed by atoms with Crippen molar-refractivity contribution in [2.45, 2.75) is 51.0 Å². The number of carbonyl (C=O) groups is 1. The van der Waals surface area contributed by atoms with Crippen molar-refractivity contribution in [3.8, 4) is 0 Å².